The summed E-state index contributed by atoms with van der Waals surface area (Å²) in [5.41, 5.74) is -0.724. The number of carbonyl (C=O) groups excluding carboxylic acids is 1. The SMILES string of the molecule is Cc1cc(CN(C)CC2(O)CCCN(Cc3cccc(F)c3F)C2=O)on1. The summed E-state index contributed by atoms with van der Waals surface area (Å²) >= 11 is 0. The molecule has 1 fully saturated rings. The van der Waals surface area contributed by atoms with Crippen molar-refractivity contribution in [3.63, 3.8) is 0 Å². The third-order valence-electron chi connectivity index (χ3n) is 4.73. The van der Waals surface area contributed by atoms with Gasteiger partial charge in [0.05, 0.1) is 12.2 Å². The number of halogens is 2. The van der Waals surface area contributed by atoms with E-state index in [2.05, 4.69) is 5.16 Å². The van der Waals surface area contributed by atoms with Gasteiger partial charge in [-0.05, 0) is 32.9 Å². The van der Waals surface area contributed by atoms with Crippen molar-refractivity contribution in [2.45, 2.75) is 38.5 Å². The van der Waals surface area contributed by atoms with Crippen LogP contribution in [0.5, 0.6) is 0 Å². The molecular formula is C19H23F2N3O3. The Balaban J connectivity index is 1.68. The van der Waals surface area contributed by atoms with Crippen LogP contribution < -0.4 is 0 Å². The van der Waals surface area contributed by atoms with E-state index in [0.717, 1.165) is 11.8 Å². The molecule has 1 unspecified atom stereocenters. The highest BCUT2D eigenvalue weighted by atomic mass is 19.2. The second-order valence-electron chi connectivity index (χ2n) is 7.18. The molecule has 6 nitrogen and oxygen atoms in total. The van der Waals surface area contributed by atoms with Crippen LogP contribution in [0.25, 0.3) is 0 Å². The zero-order valence-electron chi connectivity index (χ0n) is 15.4. The largest absolute Gasteiger partial charge is 0.379 e. The van der Waals surface area contributed by atoms with E-state index in [4.69, 9.17) is 4.52 Å². The molecule has 0 spiro atoms. The monoisotopic (exact) mass is 379 g/mol. The molecule has 2 aromatic rings. The molecule has 146 valence electrons. The lowest BCUT2D eigenvalue weighted by Crippen LogP contribution is -2.57. The van der Waals surface area contributed by atoms with Crippen LogP contribution in [0.15, 0.2) is 28.8 Å². The Bertz CT molecular complexity index is 826. The summed E-state index contributed by atoms with van der Waals surface area (Å²) in [6, 6.07) is 5.68. The number of amides is 1. The van der Waals surface area contributed by atoms with Gasteiger partial charge in [-0.3, -0.25) is 9.69 Å². The fourth-order valence-corrected chi connectivity index (χ4v) is 3.50. The number of aliphatic hydroxyl groups is 1. The third kappa shape index (κ3) is 4.33. The van der Waals surface area contributed by atoms with Gasteiger partial charge in [0, 0.05) is 31.3 Å². The topological polar surface area (TPSA) is 69.8 Å². The fraction of sp³-hybridized carbons (Fsp3) is 0.474. The summed E-state index contributed by atoms with van der Waals surface area (Å²) in [7, 11) is 1.77. The maximum absolute atomic E-state index is 13.9. The minimum atomic E-state index is -1.58. The van der Waals surface area contributed by atoms with Gasteiger partial charge in [0.2, 0.25) is 0 Å². The highest BCUT2D eigenvalue weighted by molar-refractivity contribution is 5.86. The minimum Gasteiger partial charge on any atom is -0.379 e. The first-order valence-electron chi connectivity index (χ1n) is 8.84. The molecule has 2 heterocycles. The summed E-state index contributed by atoms with van der Waals surface area (Å²) < 4.78 is 32.5. The minimum absolute atomic E-state index is 0.0737. The quantitative estimate of drug-likeness (QED) is 0.834. The maximum atomic E-state index is 13.9. The van der Waals surface area contributed by atoms with Crippen LogP contribution >= 0.6 is 0 Å². The third-order valence-corrected chi connectivity index (χ3v) is 4.73. The number of rotatable bonds is 6. The number of hydrogen-bond donors (Lipinski definition) is 1. The standard InChI is InChI=1S/C19H23F2N3O3/c1-13-9-15(27-22-13)11-23(2)12-19(26)7-4-8-24(18(19)25)10-14-5-3-6-16(20)17(14)21/h3,5-6,9,26H,4,7-8,10-12H2,1-2H3. The van der Waals surface area contributed by atoms with Gasteiger partial charge >= 0.3 is 0 Å². The summed E-state index contributed by atoms with van der Waals surface area (Å²) in [6.07, 6.45) is 0.891. The lowest BCUT2D eigenvalue weighted by atomic mass is 9.90. The van der Waals surface area contributed by atoms with E-state index in [1.165, 1.54) is 17.0 Å². The van der Waals surface area contributed by atoms with Crippen molar-refractivity contribution >= 4 is 5.91 Å². The van der Waals surface area contributed by atoms with Crippen molar-refractivity contribution in [1.29, 1.82) is 0 Å². The summed E-state index contributed by atoms with van der Waals surface area (Å²) in [6.45, 7) is 2.63. The van der Waals surface area contributed by atoms with E-state index in [9.17, 15) is 18.7 Å². The smallest absolute Gasteiger partial charge is 0.256 e. The molecule has 1 amide bonds. The molecule has 1 aromatic carbocycles. The molecular weight excluding hydrogens is 356 g/mol. The zero-order valence-corrected chi connectivity index (χ0v) is 15.4. The summed E-state index contributed by atoms with van der Waals surface area (Å²) in [5, 5.41) is 14.7. The van der Waals surface area contributed by atoms with Gasteiger partial charge in [0.25, 0.3) is 5.91 Å². The number of piperidine rings is 1. The van der Waals surface area contributed by atoms with Crippen LogP contribution in [0.1, 0.15) is 29.9 Å². The molecule has 1 atom stereocenters. The first kappa shape index (κ1) is 19.4. The Morgan fingerprint density at radius 1 is 1.41 bits per heavy atom. The van der Waals surface area contributed by atoms with E-state index in [0.29, 0.717) is 31.7 Å². The average Bonchev–Trinajstić information content (AvgIpc) is 3.00. The molecule has 0 aliphatic carbocycles. The van der Waals surface area contributed by atoms with Gasteiger partial charge in [0.1, 0.15) is 0 Å². The second kappa shape index (κ2) is 7.74. The number of hydrogen-bond acceptors (Lipinski definition) is 5. The van der Waals surface area contributed by atoms with Gasteiger partial charge < -0.3 is 14.5 Å². The number of nitrogens with zero attached hydrogens (tertiary/aromatic N) is 3. The molecule has 1 aromatic heterocycles. The highest BCUT2D eigenvalue weighted by Gasteiger charge is 2.43. The van der Waals surface area contributed by atoms with Crippen LogP contribution in [0.3, 0.4) is 0 Å². The summed E-state index contributed by atoms with van der Waals surface area (Å²) in [5.74, 6) is -1.75. The van der Waals surface area contributed by atoms with Crippen molar-refractivity contribution < 1.29 is 23.2 Å². The van der Waals surface area contributed by atoms with Crippen molar-refractivity contribution in [2.24, 2.45) is 0 Å². The van der Waals surface area contributed by atoms with Crippen LogP contribution in [0.2, 0.25) is 0 Å². The van der Waals surface area contributed by atoms with Crippen molar-refractivity contribution in [3.05, 3.63) is 52.9 Å². The van der Waals surface area contributed by atoms with Crippen molar-refractivity contribution in [2.75, 3.05) is 20.1 Å². The first-order valence-corrected chi connectivity index (χ1v) is 8.84. The van der Waals surface area contributed by atoms with E-state index < -0.39 is 23.1 Å². The lowest BCUT2D eigenvalue weighted by Gasteiger charge is -2.40. The molecule has 1 aliphatic heterocycles. The Morgan fingerprint density at radius 2 is 2.19 bits per heavy atom. The number of aromatic nitrogens is 1. The Morgan fingerprint density at radius 3 is 2.89 bits per heavy atom. The first-order chi connectivity index (χ1) is 12.8. The zero-order chi connectivity index (χ0) is 19.6. The van der Waals surface area contributed by atoms with Crippen LogP contribution in [-0.4, -0.2) is 51.7 Å². The van der Waals surface area contributed by atoms with E-state index in [-0.39, 0.29) is 18.7 Å². The second-order valence-corrected chi connectivity index (χ2v) is 7.18. The molecule has 0 bridgehead atoms. The maximum Gasteiger partial charge on any atom is 0.256 e. The number of likely N-dealkylation sites (N-methyl/N-ethyl adjacent to an activating group) is 1. The molecule has 27 heavy (non-hydrogen) atoms. The normalized spacial score (nSPS) is 20.5. The molecule has 1 aliphatic rings. The van der Waals surface area contributed by atoms with Crippen molar-refractivity contribution in [1.82, 2.24) is 15.0 Å². The van der Waals surface area contributed by atoms with E-state index in [1.807, 2.05) is 6.92 Å². The van der Waals surface area contributed by atoms with Gasteiger partial charge in [-0.2, -0.15) is 0 Å². The Kier molecular flexibility index (Phi) is 5.57. The van der Waals surface area contributed by atoms with E-state index >= 15 is 0 Å². The fourth-order valence-electron chi connectivity index (χ4n) is 3.50. The number of aryl methyl sites for hydroxylation is 1. The van der Waals surface area contributed by atoms with Crippen LogP contribution in [-0.2, 0) is 17.9 Å². The van der Waals surface area contributed by atoms with Gasteiger partial charge in [0.15, 0.2) is 23.0 Å². The van der Waals surface area contributed by atoms with Crippen LogP contribution in [0, 0.1) is 18.6 Å². The van der Waals surface area contributed by atoms with E-state index in [1.54, 1.807) is 18.0 Å². The molecule has 8 heteroatoms. The van der Waals surface area contributed by atoms with Crippen molar-refractivity contribution in [3.8, 4) is 0 Å². The number of likely N-dealkylation sites (tertiary alicyclic amines) is 1. The number of benzene rings is 1. The Labute approximate surface area is 156 Å². The van der Waals surface area contributed by atoms with Gasteiger partial charge in [-0.15, -0.1) is 0 Å². The Hall–Kier alpha value is -2.32. The van der Waals surface area contributed by atoms with Crippen LogP contribution in [0.4, 0.5) is 8.78 Å². The molecule has 0 radical (unpaired) electrons. The predicted molar refractivity (Wildman–Crippen MR) is 93.5 cm³/mol. The molecule has 1 saturated heterocycles. The highest BCUT2D eigenvalue weighted by Crippen LogP contribution is 2.26. The van der Waals surface area contributed by atoms with Gasteiger partial charge in [-0.1, -0.05) is 17.3 Å². The summed E-state index contributed by atoms with van der Waals surface area (Å²) in [4.78, 5) is 16.0. The molecule has 0 saturated carbocycles. The molecule has 1 N–H and O–H groups in total. The lowest BCUT2D eigenvalue weighted by molar-refractivity contribution is -0.160. The average molecular weight is 379 g/mol. The predicted octanol–water partition coefficient (Wildman–Crippen LogP) is 2.25. The van der Waals surface area contributed by atoms with Gasteiger partial charge in [-0.25, -0.2) is 8.78 Å². The molecule has 3 rings (SSSR count). The number of carbonyl (C=O) groups is 1.